The fourth-order valence-corrected chi connectivity index (χ4v) is 4.46. The Morgan fingerprint density at radius 3 is 2.72 bits per heavy atom. The minimum Gasteiger partial charge on any atom is -0.383 e. The van der Waals surface area contributed by atoms with Gasteiger partial charge in [0, 0.05) is 64.1 Å². The van der Waals surface area contributed by atoms with Crippen molar-refractivity contribution < 1.29 is 9.53 Å². The molecule has 29 heavy (non-hydrogen) atoms. The lowest BCUT2D eigenvalue weighted by Crippen LogP contribution is -2.33. The maximum Gasteiger partial charge on any atom is 0.255 e. The molecule has 0 saturated carbocycles. The highest BCUT2D eigenvalue weighted by atomic mass is 16.5. The Kier molecular flexibility index (Phi) is 4.59. The summed E-state index contributed by atoms with van der Waals surface area (Å²) in [5, 5.41) is 0. The number of hydrogen-bond donors (Lipinski definition) is 0. The third-order valence-electron chi connectivity index (χ3n) is 5.90. The van der Waals surface area contributed by atoms with Crippen molar-refractivity contribution in [1.29, 1.82) is 0 Å². The quantitative estimate of drug-likeness (QED) is 0.641. The molecule has 9 heteroatoms. The minimum atomic E-state index is 0.0698. The Labute approximate surface area is 168 Å². The number of amides is 1. The number of likely N-dealkylation sites (tertiary alicyclic amines) is 1. The van der Waals surface area contributed by atoms with Crippen LogP contribution in [0.15, 0.2) is 37.2 Å². The van der Waals surface area contributed by atoms with Gasteiger partial charge in [0.1, 0.15) is 6.33 Å². The first-order valence-electron chi connectivity index (χ1n) is 9.83. The van der Waals surface area contributed by atoms with Gasteiger partial charge in [0.2, 0.25) is 0 Å². The maximum atomic E-state index is 12.7. The molecule has 9 nitrogen and oxygen atoms in total. The van der Waals surface area contributed by atoms with Crippen molar-refractivity contribution in [3.05, 3.63) is 42.7 Å². The van der Waals surface area contributed by atoms with E-state index in [0.29, 0.717) is 30.6 Å². The molecule has 3 aromatic heterocycles. The molecular weight excluding hydrogens is 370 g/mol. The van der Waals surface area contributed by atoms with Crippen molar-refractivity contribution in [3.63, 3.8) is 0 Å². The minimum absolute atomic E-state index is 0.0698. The van der Waals surface area contributed by atoms with Crippen molar-refractivity contribution in [1.82, 2.24) is 29.4 Å². The first-order chi connectivity index (χ1) is 14.2. The topological polar surface area (TPSA) is 89.3 Å². The Morgan fingerprint density at radius 2 is 2.00 bits per heavy atom. The number of pyridine rings is 1. The molecule has 2 fully saturated rings. The lowest BCUT2D eigenvalue weighted by atomic mass is 10.0. The summed E-state index contributed by atoms with van der Waals surface area (Å²) in [6.45, 7) is 4.60. The first-order valence-corrected chi connectivity index (χ1v) is 9.83. The SMILES string of the molecule is COCCn1cnc2c(N3CC4CN(C(=O)c5cccnc5)CC4C3)ncnc21. The Morgan fingerprint density at radius 1 is 1.17 bits per heavy atom. The van der Waals surface area contributed by atoms with Gasteiger partial charge < -0.3 is 19.1 Å². The van der Waals surface area contributed by atoms with E-state index in [4.69, 9.17) is 4.74 Å². The van der Waals surface area contributed by atoms with E-state index >= 15 is 0 Å². The van der Waals surface area contributed by atoms with Crippen molar-refractivity contribution in [2.45, 2.75) is 6.54 Å². The summed E-state index contributed by atoms with van der Waals surface area (Å²) in [6, 6.07) is 3.63. The second-order valence-corrected chi connectivity index (χ2v) is 7.68. The number of methoxy groups -OCH3 is 1. The summed E-state index contributed by atoms with van der Waals surface area (Å²) in [4.78, 5) is 34.5. The third kappa shape index (κ3) is 3.21. The van der Waals surface area contributed by atoms with Gasteiger partial charge in [-0.05, 0) is 12.1 Å². The number of nitrogens with zero attached hydrogens (tertiary/aromatic N) is 7. The summed E-state index contributed by atoms with van der Waals surface area (Å²) in [5.41, 5.74) is 2.31. The average Bonchev–Trinajstić information content (AvgIpc) is 3.45. The van der Waals surface area contributed by atoms with Gasteiger partial charge in [-0.15, -0.1) is 0 Å². The van der Waals surface area contributed by atoms with Crippen molar-refractivity contribution in [2.24, 2.45) is 11.8 Å². The van der Waals surface area contributed by atoms with Crippen LogP contribution in [-0.2, 0) is 11.3 Å². The van der Waals surface area contributed by atoms with Gasteiger partial charge in [0.15, 0.2) is 17.0 Å². The van der Waals surface area contributed by atoms with Crippen LogP contribution < -0.4 is 4.90 Å². The van der Waals surface area contributed by atoms with Crippen LogP contribution in [0.2, 0.25) is 0 Å². The number of carbonyl (C=O) groups excluding carboxylic acids is 1. The molecule has 2 aliphatic rings. The molecule has 5 rings (SSSR count). The summed E-state index contributed by atoms with van der Waals surface area (Å²) in [6.07, 6.45) is 6.73. The number of rotatable bonds is 5. The van der Waals surface area contributed by atoms with Crippen LogP contribution in [0, 0.1) is 11.8 Å². The summed E-state index contributed by atoms with van der Waals surface area (Å²) >= 11 is 0. The van der Waals surface area contributed by atoms with Gasteiger partial charge in [-0.2, -0.15) is 0 Å². The van der Waals surface area contributed by atoms with E-state index < -0.39 is 0 Å². The molecule has 2 saturated heterocycles. The fourth-order valence-electron chi connectivity index (χ4n) is 4.46. The molecule has 0 N–H and O–H groups in total. The average molecular weight is 393 g/mol. The number of ether oxygens (including phenoxy) is 1. The van der Waals surface area contributed by atoms with Crippen molar-refractivity contribution >= 4 is 22.9 Å². The zero-order valence-electron chi connectivity index (χ0n) is 16.3. The van der Waals surface area contributed by atoms with Crippen LogP contribution in [0.1, 0.15) is 10.4 Å². The second-order valence-electron chi connectivity index (χ2n) is 7.68. The zero-order valence-corrected chi connectivity index (χ0v) is 16.3. The smallest absolute Gasteiger partial charge is 0.255 e. The van der Waals surface area contributed by atoms with E-state index in [0.717, 1.165) is 43.2 Å². The van der Waals surface area contributed by atoms with Gasteiger partial charge >= 0.3 is 0 Å². The van der Waals surface area contributed by atoms with E-state index in [1.165, 1.54) is 0 Å². The molecule has 150 valence electrons. The molecule has 0 radical (unpaired) electrons. The lowest BCUT2D eigenvalue weighted by molar-refractivity contribution is 0.0782. The van der Waals surface area contributed by atoms with Crippen LogP contribution in [0.4, 0.5) is 5.82 Å². The largest absolute Gasteiger partial charge is 0.383 e. The van der Waals surface area contributed by atoms with Crippen LogP contribution >= 0.6 is 0 Å². The predicted molar refractivity (Wildman–Crippen MR) is 107 cm³/mol. The summed E-state index contributed by atoms with van der Waals surface area (Å²) in [7, 11) is 1.69. The highest BCUT2D eigenvalue weighted by Crippen LogP contribution is 2.35. The van der Waals surface area contributed by atoms with Gasteiger partial charge in [0.05, 0.1) is 18.5 Å². The number of hydrogen-bond acceptors (Lipinski definition) is 7. The summed E-state index contributed by atoms with van der Waals surface area (Å²) < 4.78 is 7.16. The normalized spacial score (nSPS) is 21.1. The summed E-state index contributed by atoms with van der Waals surface area (Å²) in [5.74, 6) is 1.83. The molecule has 0 aromatic carbocycles. The number of fused-ring (bicyclic) bond motifs is 2. The Hall–Kier alpha value is -3.07. The van der Waals surface area contributed by atoms with E-state index in [1.807, 2.05) is 15.5 Å². The molecule has 3 aromatic rings. The van der Waals surface area contributed by atoms with Crippen LogP contribution in [-0.4, -0.2) is 75.2 Å². The number of carbonyl (C=O) groups is 1. The lowest BCUT2D eigenvalue weighted by Gasteiger charge is -2.22. The molecular formula is C20H23N7O2. The van der Waals surface area contributed by atoms with E-state index in [-0.39, 0.29) is 5.91 Å². The molecule has 5 heterocycles. The number of aromatic nitrogens is 5. The van der Waals surface area contributed by atoms with Gasteiger partial charge in [-0.1, -0.05) is 0 Å². The Balaban J connectivity index is 1.31. The molecule has 0 aliphatic carbocycles. The van der Waals surface area contributed by atoms with Gasteiger partial charge in [-0.3, -0.25) is 9.78 Å². The predicted octanol–water partition coefficient (Wildman–Crippen LogP) is 1.08. The highest BCUT2D eigenvalue weighted by molar-refractivity contribution is 5.94. The molecule has 0 spiro atoms. The first kappa shape index (κ1) is 18.0. The van der Waals surface area contributed by atoms with Gasteiger partial charge in [0.25, 0.3) is 5.91 Å². The molecule has 2 atom stereocenters. The monoisotopic (exact) mass is 393 g/mol. The fraction of sp³-hybridized carbons (Fsp3) is 0.450. The Bertz CT molecular complexity index is 1010. The van der Waals surface area contributed by atoms with Crippen LogP contribution in [0.3, 0.4) is 0 Å². The van der Waals surface area contributed by atoms with Crippen LogP contribution in [0.25, 0.3) is 11.2 Å². The van der Waals surface area contributed by atoms with Crippen molar-refractivity contribution in [2.75, 3.05) is 44.8 Å². The van der Waals surface area contributed by atoms with Crippen LogP contribution in [0.5, 0.6) is 0 Å². The molecule has 0 bridgehead atoms. The molecule has 2 aliphatic heterocycles. The zero-order chi connectivity index (χ0) is 19.8. The number of anilines is 1. The highest BCUT2D eigenvalue weighted by Gasteiger charge is 2.42. The maximum absolute atomic E-state index is 12.7. The van der Waals surface area contributed by atoms with Gasteiger partial charge in [-0.25, -0.2) is 15.0 Å². The molecule has 1 amide bonds. The van der Waals surface area contributed by atoms with E-state index in [2.05, 4.69) is 24.8 Å². The third-order valence-corrected chi connectivity index (χ3v) is 5.90. The number of imidazole rings is 1. The molecule has 2 unspecified atom stereocenters. The standard InChI is InChI=1S/C20H23N7O2/c1-29-6-5-25-13-24-17-18(25)22-12-23-19(17)26-8-15-10-27(11-16(15)9-26)20(28)14-3-2-4-21-7-14/h2-4,7,12-13,15-16H,5-6,8-11H2,1H3. The van der Waals surface area contributed by atoms with E-state index in [9.17, 15) is 4.79 Å². The van der Waals surface area contributed by atoms with Crippen molar-refractivity contribution in [3.8, 4) is 0 Å². The van der Waals surface area contributed by atoms with E-state index in [1.54, 1.807) is 38.2 Å². The second kappa shape index (κ2) is 7.40.